The van der Waals surface area contributed by atoms with Crippen LogP contribution in [0.3, 0.4) is 0 Å². The average molecular weight is 188 g/mol. The maximum absolute atomic E-state index is 10.3. The van der Waals surface area contributed by atoms with Crippen LogP contribution in [-0.2, 0) is 11.3 Å². The lowest BCUT2D eigenvalue weighted by Crippen LogP contribution is -2.06. The van der Waals surface area contributed by atoms with Crippen LogP contribution < -0.4 is 5.32 Å². The molecule has 0 amide bonds. The van der Waals surface area contributed by atoms with E-state index in [1.807, 2.05) is 30.3 Å². The van der Waals surface area contributed by atoms with Crippen molar-refractivity contribution in [3.05, 3.63) is 47.7 Å². The van der Waals surface area contributed by atoms with Gasteiger partial charge in [0.1, 0.15) is 0 Å². The van der Waals surface area contributed by atoms with Crippen molar-refractivity contribution < 1.29 is 4.79 Å². The molecule has 72 valence electrons. The van der Waals surface area contributed by atoms with Gasteiger partial charge in [-0.05, 0) is 5.56 Å². The molecule has 1 aromatic carbocycles. The highest BCUT2D eigenvalue weighted by atomic mass is 16.1. The second-order valence-electron chi connectivity index (χ2n) is 2.77. The van der Waals surface area contributed by atoms with Gasteiger partial charge in [-0.15, -0.1) is 0 Å². The second kappa shape index (κ2) is 5.70. The van der Waals surface area contributed by atoms with Gasteiger partial charge in [0.2, 0.25) is 0 Å². The lowest BCUT2D eigenvalue weighted by molar-refractivity contribution is -0.104. The Kier molecular flexibility index (Phi) is 4.14. The van der Waals surface area contributed by atoms with E-state index in [0.717, 1.165) is 11.8 Å². The summed E-state index contributed by atoms with van der Waals surface area (Å²) in [6.07, 6.45) is 3.20. The zero-order chi connectivity index (χ0) is 10.2. The van der Waals surface area contributed by atoms with Crippen LogP contribution in [0.5, 0.6) is 0 Å². The van der Waals surface area contributed by atoms with E-state index in [-0.39, 0.29) is 0 Å². The minimum absolute atomic E-state index is 0.334. The number of benzene rings is 1. The number of rotatable bonds is 5. The highest BCUT2D eigenvalue weighted by Gasteiger charge is 1.89. The molecule has 2 N–H and O–H groups in total. The molecule has 0 fully saturated rings. The van der Waals surface area contributed by atoms with Gasteiger partial charge in [0.15, 0.2) is 6.29 Å². The maximum atomic E-state index is 10.3. The highest BCUT2D eigenvalue weighted by molar-refractivity contribution is 6.00. The molecule has 0 aliphatic rings. The summed E-state index contributed by atoms with van der Waals surface area (Å²) in [6.45, 7) is 0.659. The molecule has 0 saturated carbocycles. The number of aldehydes is 1. The van der Waals surface area contributed by atoms with Crippen LogP contribution in [0.15, 0.2) is 42.1 Å². The van der Waals surface area contributed by atoms with Crippen molar-refractivity contribution in [2.75, 3.05) is 0 Å². The minimum atomic E-state index is 0.334. The van der Waals surface area contributed by atoms with Gasteiger partial charge in [-0.2, -0.15) is 0 Å². The molecule has 0 heterocycles. The van der Waals surface area contributed by atoms with Crippen LogP contribution in [0.25, 0.3) is 0 Å². The lowest BCUT2D eigenvalue weighted by atomic mass is 10.2. The number of nitrogens with one attached hydrogen (secondary N) is 2. The molecule has 0 bridgehead atoms. The van der Waals surface area contributed by atoms with E-state index in [1.165, 1.54) is 6.20 Å². The summed E-state index contributed by atoms with van der Waals surface area (Å²) in [5.41, 5.74) is 1.47. The van der Waals surface area contributed by atoms with Gasteiger partial charge in [-0.3, -0.25) is 4.79 Å². The van der Waals surface area contributed by atoms with E-state index in [4.69, 9.17) is 5.41 Å². The average Bonchev–Trinajstić information content (AvgIpc) is 2.26. The van der Waals surface area contributed by atoms with Crippen molar-refractivity contribution in [3.63, 3.8) is 0 Å². The van der Waals surface area contributed by atoms with E-state index in [2.05, 4.69) is 5.32 Å². The second-order valence-corrected chi connectivity index (χ2v) is 2.77. The first-order valence-electron chi connectivity index (χ1n) is 4.30. The Morgan fingerprint density at radius 2 is 2.07 bits per heavy atom. The summed E-state index contributed by atoms with van der Waals surface area (Å²) in [4.78, 5) is 10.3. The standard InChI is InChI=1S/C11H12N2O/c12-6-11(9-14)8-13-7-10-4-2-1-3-5-10/h1-6,8-9,12-13H,7H2/b11-8+,12-6?. The molecular formula is C11H12N2O. The largest absolute Gasteiger partial charge is 0.386 e. The number of hydrogen-bond acceptors (Lipinski definition) is 3. The first-order chi connectivity index (χ1) is 6.86. The van der Waals surface area contributed by atoms with E-state index in [1.54, 1.807) is 0 Å². The zero-order valence-electron chi connectivity index (χ0n) is 7.73. The van der Waals surface area contributed by atoms with Gasteiger partial charge in [-0.1, -0.05) is 30.3 Å². The third-order valence-corrected chi connectivity index (χ3v) is 1.72. The molecule has 0 unspecified atom stereocenters. The van der Waals surface area contributed by atoms with Crippen LogP contribution in [0.2, 0.25) is 0 Å². The summed E-state index contributed by atoms with van der Waals surface area (Å²) >= 11 is 0. The predicted molar refractivity (Wildman–Crippen MR) is 56.2 cm³/mol. The zero-order valence-corrected chi connectivity index (χ0v) is 7.73. The van der Waals surface area contributed by atoms with Gasteiger partial charge in [-0.25, -0.2) is 0 Å². The summed E-state index contributed by atoms with van der Waals surface area (Å²) in [7, 11) is 0. The van der Waals surface area contributed by atoms with Crippen LogP contribution >= 0.6 is 0 Å². The van der Waals surface area contributed by atoms with Gasteiger partial charge in [0.05, 0.1) is 0 Å². The molecule has 3 heteroatoms. The molecule has 3 nitrogen and oxygen atoms in total. The number of carbonyl (C=O) groups is 1. The molecule has 0 atom stereocenters. The topological polar surface area (TPSA) is 53.0 Å². The van der Waals surface area contributed by atoms with Crippen molar-refractivity contribution in [3.8, 4) is 0 Å². The van der Waals surface area contributed by atoms with Crippen molar-refractivity contribution >= 4 is 12.5 Å². The predicted octanol–water partition coefficient (Wildman–Crippen LogP) is 1.51. The van der Waals surface area contributed by atoms with Crippen molar-refractivity contribution in [1.82, 2.24) is 5.32 Å². The van der Waals surface area contributed by atoms with Crippen molar-refractivity contribution in [1.29, 1.82) is 5.41 Å². The summed E-state index contributed by atoms with van der Waals surface area (Å²) in [5, 5.41) is 9.84. The monoisotopic (exact) mass is 188 g/mol. The quantitative estimate of drug-likeness (QED) is 0.418. The Morgan fingerprint density at radius 3 is 2.64 bits per heavy atom. The summed E-state index contributed by atoms with van der Waals surface area (Å²) in [5.74, 6) is 0. The fourth-order valence-electron chi connectivity index (χ4n) is 0.992. The molecule has 0 saturated heterocycles. The highest BCUT2D eigenvalue weighted by Crippen LogP contribution is 1.97. The van der Waals surface area contributed by atoms with Gasteiger partial charge in [0.25, 0.3) is 0 Å². The van der Waals surface area contributed by atoms with Crippen LogP contribution in [0.4, 0.5) is 0 Å². The first-order valence-corrected chi connectivity index (χ1v) is 4.30. The van der Waals surface area contributed by atoms with E-state index in [0.29, 0.717) is 18.4 Å². The molecule has 14 heavy (non-hydrogen) atoms. The minimum Gasteiger partial charge on any atom is -0.386 e. The Bertz CT molecular complexity index is 320. The first kappa shape index (κ1) is 10.2. The fraction of sp³-hybridized carbons (Fsp3) is 0.0909. The molecule has 1 rings (SSSR count). The number of hydrogen-bond donors (Lipinski definition) is 2. The Balaban J connectivity index is 2.45. The van der Waals surface area contributed by atoms with Crippen LogP contribution in [0.1, 0.15) is 5.56 Å². The van der Waals surface area contributed by atoms with Crippen LogP contribution in [0, 0.1) is 5.41 Å². The molecule has 0 aliphatic carbocycles. The maximum Gasteiger partial charge on any atom is 0.153 e. The van der Waals surface area contributed by atoms with E-state index < -0.39 is 0 Å². The molecular weight excluding hydrogens is 176 g/mol. The van der Waals surface area contributed by atoms with Gasteiger partial charge in [0, 0.05) is 24.5 Å². The third kappa shape index (κ3) is 3.23. The molecule has 1 aromatic rings. The normalized spacial score (nSPS) is 10.7. The Hall–Kier alpha value is -1.90. The van der Waals surface area contributed by atoms with Gasteiger partial charge >= 0.3 is 0 Å². The van der Waals surface area contributed by atoms with E-state index in [9.17, 15) is 4.79 Å². The SMILES string of the molecule is N=C/C(C=O)=C\NCc1ccccc1. The Morgan fingerprint density at radius 1 is 1.36 bits per heavy atom. The summed E-state index contributed by atoms with van der Waals surface area (Å²) < 4.78 is 0. The van der Waals surface area contributed by atoms with Crippen molar-refractivity contribution in [2.45, 2.75) is 6.54 Å². The number of allylic oxidation sites excluding steroid dienone is 1. The van der Waals surface area contributed by atoms with Gasteiger partial charge < -0.3 is 10.7 Å². The number of carbonyl (C=O) groups excluding carboxylic acids is 1. The smallest absolute Gasteiger partial charge is 0.153 e. The molecule has 0 spiro atoms. The Labute approximate surface area is 83.0 Å². The van der Waals surface area contributed by atoms with Crippen molar-refractivity contribution in [2.24, 2.45) is 0 Å². The molecule has 0 radical (unpaired) electrons. The fourth-order valence-corrected chi connectivity index (χ4v) is 0.992. The third-order valence-electron chi connectivity index (χ3n) is 1.72. The van der Waals surface area contributed by atoms with E-state index >= 15 is 0 Å². The summed E-state index contributed by atoms with van der Waals surface area (Å²) in [6, 6.07) is 9.85. The molecule has 0 aromatic heterocycles. The molecule has 0 aliphatic heterocycles. The van der Waals surface area contributed by atoms with Crippen LogP contribution in [-0.4, -0.2) is 12.5 Å². The lowest BCUT2D eigenvalue weighted by Gasteiger charge is -2.00.